The average molecular weight is 511 g/mol. The summed E-state index contributed by atoms with van der Waals surface area (Å²) >= 11 is 1.41. The minimum Gasteiger partial charge on any atom is -0.453 e. The number of thiophene rings is 1. The number of ether oxygens (including phenoxy) is 2. The number of nitrogens with two attached hydrogens (primary N) is 2. The molecular weight excluding hydrogens is 487 g/mol. The van der Waals surface area contributed by atoms with Gasteiger partial charge >= 0.3 is 12.1 Å². The highest BCUT2D eigenvalue weighted by molar-refractivity contribution is 7.22. The molecule has 0 bridgehead atoms. The van der Waals surface area contributed by atoms with Gasteiger partial charge in [-0.2, -0.15) is 0 Å². The van der Waals surface area contributed by atoms with Crippen LogP contribution in [0.15, 0.2) is 54.9 Å². The number of amides is 4. The van der Waals surface area contributed by atoms with Crippen molar-refractivity contribution >= 4 is 39.3 Å². The van der Waals surface area contributed by atoms with Crippen molar-refractivity contribution in [3.05, 3.63) is 66.2 Å². The van der Waals surface area contributed by atoms with E-state index in [4.69, 9.17) is 20.9 Å². The minimum atomic E-state index is -1.12. The van der Waals surface area contributed by atoms with Gasteiger partial charge in [0.05, 0.1) is 33.1 Å². The first-order valence-corrected chi connectivity index (χ1v) is 11.6. The lowest BCUT2D eigenvalue weighted by atomic mass is 10.2. The summed E-state index contributed by atoms with van der Waals surface area (Å²) in [6.07, 6.45) is 3.37. The van der Waals surface area contributed by atoms with E-state index in [1.54, 1.807) is 19.4 Å². The number of urea groups is 2. The number of carbonyl (C=O) groups excluding carboxylic acids is 2. The number of methoxy groups -OCH3 is 1. The fourth-order valence-electron chi connectivity index (χ4n) is 3.40. The molecule has 0 unspecified atom stereocenters. The Morgan fingerprint density at radius 2 is 1.89 bits per heavy atom. The SMILES string of the molecule is COCCNCc1ccc(-c2cc3nccc(Oc4ccc(N(C(N)=O)C(N)=O)cc4F)c3s2)nc1. The number of aromatic nitrogens is 2. The largest absolute Gasteiger partial charge is 0.453 e. The molecule has 4 aromatic rings. The molecule has 0 aliphatic carbocycles. The van der Waals surface area contributed by atoms with Crippen molar-refractivity contribution in [2.45, 2.75) is 6.54 Å². The summed E-state index contributed by atoms with van der Waals surface area (Å²) in [5, 5.41) is 3.27. The molecule has 4 amide bonds. The molecule has 3 aromatic heterocycles. The van der Waals surface area contributed by atoms with Crippen LogP contribution in [0.5, 0.6) is 11.5 Å². The molecule has 186 valence electrons. The maximum absolute atomic E-state index is 14.8. The van der Waals surface area contributed by atoms with Gasteiger partial charge in [0.1, 0.15) is 5.75 Å². The Bertz CT molecular complexity index is 1380. The smallest absolute Gasteiger partial charge is 0.327 e. The highest BCUT2D eigenvalue weighted by Crippen LogP contribution is 2.39. The van der Waals surface area contributed by atoms with Crippen molar-refractivity contribution in [2.75, 3.05) is 25.2 Å². The third kappa shape index (κ3) is 5.57. The molecule has 0 fully saturated rings. The van der Waals surface area contributed by atoms with Crippen LogP contribution in [0.2, 0.25) is 0 Å². The van der Waals surface area contributed by atoms with Crippen molar-refractivity contribution in [2.24, 2.45) is 11.5 Å². The molecule has 5 N–H and O–H groups in total. The molecule has 12 heteroatoms. The summed E-state index contributed by atoms with van der Waals surface area (Å²) in [6, 6.07) is 8.73. The fourth-order valence-corrected chi connectivity index (χ4v) is 4.44. The third-order valence-electron chi connectivity index (χ3n) is 5.10. The van der Waals surface area contributed by atoms with Gasteiger partial charge in [0.2, 0.25) is 0 Å². The van der Waals surface area contributed by atoms with Gasteiger partial charge in [0, 0.05) is 44.7 Å². The quantitative estimate of drug-likeness (QED) is 0.289. The number of nitrogens with one attached hydrogen (secondary N) is 1. The Morgan fingerprint density at radius 3 is 2.56 bits per heavy atom. The van der Waals surface area contributed by atoms with Gasteiger partial charge in [-0.1, -0.05) is 6.07 Å². The van der Waals surface area contributed by atoms with E-state index in [1.165, 1.54) is 23.5 Å². The van der Waals surface area contributed by atoms with E-state index in [2.05, 4.69) is 15.3 Å². The van der Waals surface area contributed by atoms with Crippen LogP contribution in [0.25, 0.3) is 20.8 Å². The van der Waals surface area contributed by atoms with Gasteiger partial charge in [-0.3, -0.25) is 9.97 Å². The molecule has 3 heterocycles. The van der Waals surface area contributed by atoms with Crippen molar-refractivity contribution < 1.29 is 23.5 Å². The Kier molecular flexibility index (Phi) is 7.68. The zero-order valence-electron chi connectivity index (χ0n) is 19.2. The molecule has 0 aliphatic heterocycles. The maximum atomic E-state index is 14.8. The minimum absolute atomic E-state index is 0.110. The van der Waals surface area contributed by atoms with Gasteiger partial charge in [-0.25, -0.2) is 18.9 Å². The summed E-state index contributed by atoms with van der Waals surface area (Å²) in [7, 11) is 1.66. The summed E-state index contributed by atoms with van der Waals surface area (Å²) in [6.45, 7) is 2.07. The number of nitrogens with zero attached hydrogens (tertiary/aromatic N) is 3. The number of hydrogen-bond donors (Lipinski definition) is 3. The van der Waals surface area contributed by atoms with Crippen LogP contribution >= 0.6 is 11.3 Å². The number of anilines is 1. The van der Waals surface area contributed by atoms with Crippen molar-refractivity contribution in [3.63, 3.8) is 0 Å². The normalized spacial score (nSPS) is 10.9. The summed E-state index contributed by atoms with van der Waals surface area (Å²) in [5.41, 5.74) is 12.7. The van der Waals surface area contributed by atoms with Crippen LogP contribution < -0.4 is 26.4 Å². The molecular formula is C24H23FN6O4S. The highest BCUT2D eigenvalue weighted by Gasteiger charge is 2.20. The van der Waals surface area contributed by atoms with Gasteiger partial charge in [-0.05, 0) is 29.8 Å². The lowest BCUT2D eigenvalue weighted by molar-refractivity contribution is 0.199. The Morgan fingerprint density at radius 1 is 1.08 bits per heavy atom. The van der Waals surface area contributed by atoms with E-state index in [9.17, 15) is 14.0 Å². The molecule has 0 saturated carbocycles. The molecule has 1 aromatic carbocycles. The van der Waals surface area contributed by atoms with Crippen LogP contribution in [0.1, 0.15) is 5.56 Å². The second-order valence-electron chi connectivity index (χ2n) is 7.58. The van der Waals surface area contributed by atoms with Gasteiger partial charge in [0.25, 0.3) is 0 Å². The molecule has 0 saturated heterocycles. The number of imide groups is 1. The van der Waals surface area contributed by atoms with Gasteiger partial charge in [0.15, 0.2) is 11.6 Å². The summed E-state index contributed by atoms with van der Waals surface area (Å²) in [4.78, 5) is 33.2. The predicted molar refractivity (Wildman–Crippen MR) is 135 cm³/mol. The Labute approximate surface area is 209 Å². The van der Waals surface area contributed by atoms with Crippen LogP contribution in [0.4, 0.5) is 19.7 Å². The first-order chi connectivity index (χ1) is 17.4. The van der Waals surface area contributed by atoms with Gasteiger partial charge in [-0.15, -0.1) is 11.3 Å². The number of halogens is 1. The highest BCUT2D eigenvalue weighted by atomic mass is 32.1. The lowest BCUT2D eigenvalue weighted by Crippen LogP contribution is -2.44. The van der Waals surface area contributed by atoms with E-state index >= 15 is 0 Å². The zero-order valence-corrected chi connectivity index (χ0v) is 20.0. The molecule has 0 atom stereocenters. The standard InChI is InChI=1S/C24H23FN6O4S/c1-34-9-8-28-12-14-2-4-17(30-13-14)21-11-18-22(36-21)20(6-7-29-18)35-19-5-3-15(10-16(19)25)31(23(26)32)24(27)33/h2-7,10-11,13,28H,8-9,12H2,1H3,(H2,26,32)(H2,27,33). The van der Waals surface area contributed by atoms with E-state index in [1.807, 2.05) is 24.4 Å². The first kappa shape index (κ1) is 25.0. The molecule has 0 radical (unpaired) electrons. The second-order valence-corrected chi connectivity index (χ2v) is 8.64. The molecule has 4 rings (SSSR count). The maximum Gasteiger partial charge on any atom is 0.327 e. The van der Waals surface area contributed by atoms with Crippen LogP contribution in [-0.2, 0) is 11.3 Å². The number of benzene rings is 1. The van der Waals surface area contributed by atoms with Crippen molar-refractivity contribution in [3.8, 4) is 22.1 Å². The lowest BCUT2D eigenvalue weighted by Gasteiger charge is -2.16. The number of fused-ring (bicyclic) bond motifs is 1. The predicted octanol–water partition coefficient (Wildman–Crippen LogP) is 3.99. The van der Waals surface area contributed by atoms with Crippen LogP contribution in [0.3, 0.4) is 0 Å². The van der Waals surface area contributed by atoms with Crippen LogP contribution in [-0.4, -0.2) is 42.3 Å². The molecule has 36 heavy (non-hydrogen) atoms. The summed E-state index contributed by atoms with van der Waals surface area (Å²) < 4.78 is 26.3. The first-order valence-electron chi connectivity index (χ1n) is 10.8. The molecule has 0 aliphatic rings. The monoisotopic (exact) mass is 510 g/mol. The van der Waals surface area contributed by atoms with Crippen LogP contribution in [0, 0.1) is 5.82 Å². The van der Waals surface area contributed by atoms with E-state index in [-0.39, 0.29) is 11.4 Å². The molecule has 10 nitrogen and oxygen atoms in total. The average Bonchev–Trinajstić information content (AvgIpc) is 3.29. The topological polar surface area (TPSA) is 146 Å². The number of rotatable bonds is 9. The molecule has 0 spiro atoms. The van der Waals surface area contributed by atoms with E-state index < -0.39 is 17.9 Å². The van der Waals surface area contributed by atoms with Crippen molar-refractivity contribution in [1.29, 1.82) is 0 Å². The number of carbonyl (C=O) groups is 2. The van der Waals surface area contributed by atoms with E-state index in [0.29, 0.717) is 34.0 Å². The number of hydrogen-bond acceptors (Lipinski definition) is 8. The fraction of sp³-hybridized carbons (Fsp3) is 0.167. The Hall–Kier alpha value is -4.13. The number of primary amides is 2. The number of pyridine rings is 2. The zero-order chi connectivity index (χ0) is 25.7. The second kappa shape index (κ2) is 11.1. The third-order valence-corrected chi connectivity index (χ3v) is 6.26. The van der Waals surface area contributed by atoms with E-state index in [0.717, 1.165) is 28.7 Å². The summed E-state index contributed by atoms with van der Waals surface area (Å²) in [5.74, 6) is -0.528. The van der Waals surface area contributed by atoms with Crippen molar-refractivity contribution in [1.82, 2.24) is 15.3 Å². The van der Waals surface area contributed by atoms with Gasteiger partial charge < -0.3 is 26.3 Å². The Balaban J connectivity index is 1.55.